The third kappa shape index (κ3) is 3.13. The van der Waals surface area contributed by atoms with Crippen molar-refractivity contribution < 1.29 is 14.8 Å². The number of rotatable bonds is 4. The van der Waals surface area contributed by atoms with Crippen LogP contribution in [0.25, 0.3) is 0 Å². The molecule has 21 heavy (non-hydrogen) atoms. The van der Waals surface area contributed by atoms with Crippen LogP contribution in [0.4, 0.5) is 11.4 Å². The Balaban J connectivity index is 2.31. The molecule has 0 radical (unpaired) electrons. The van der Waals surface area contributed by atoms with Crippen LogP contribution < -0.4 is 4.90 Å². The van der Waals surface area contributed by atoms with E-state index in [9.17, 15) is 14.9 Å². The van der Waals surface area contributed by atoms with Crippen LogP contribution in [0, 0.1) is 10.1 Å². The predicted molar refractivity (Wildman–Crippen MR) is 79.0 cm³/mol. The van der Waals surface area contributed by atoms with Crippen LogP contribution in [0.5, 0.6) is 0 Å². The van der Waals surface area contributed by atoms with Gasteiger partial charge in [-0.2, -0.15) is 0 Å². The second-order valence-electron chi connectivity index (χ2n) is 5.42. The number of hydrogen-bond acceptors (Lipinski definition) is 5. The number of piperidine rings is 1. The first-order chi connectivity index (χ1) is 9.91. The highest BCUT2D eigenvalue weighted by Gasteiger charge is 2.29. The normalized spacial score (nSPS) is 16.2. The first kappa shape index (κ1) is 15.2. The maximum absolute atomic E-state index is 11.3. The molecule has 1 saturated heterocycles. The van der Waals surface area contributed by atoms with Crippen LogP contribution >= 0.6 is 0 Å². The van der Waals surface area contributed by atoms with Gasteiger partial charge in [-0.15, -0.1) is 0 Å². The Labute approximate surface area is 122 Å². The molecule has 0 saturated carbocycles. The lowest BCUT2D eigenvalue weighted by atomic mass is 10.0. The van der Waals surface area contributed by atoms with Gasteiger partial charge in [0, 0.05) is 19.1 Å². The average molecular weight is 293 g/mol. The SMILES string of the molecule is CN(C)C1CCN(c2cccc(C(=O)O)c2[N+](=O)[O-])CC1. The molecule has 1 aromatic rings. The van der Waals surface area contributed by atoms with Crippen molar-refractivity contribution in [1.82, 2.24) is 4.90 Å². The first-order valence-electron chi connectivity index (χ1n) is 6.84. The summed E-state index contributed by atoms with van der Waals surface area (Å²) in [5, 5.41) is 20.4. The Morgan fingerprint density at radius 3 is 2.48 bits per heavy atom. The molecule has 1 N–H and O–H groups in total. The second-order valence-corrected chi connectivity index (χ2v) is 5.42. The lowest BCUT2D eigenvalue weighted by Crippen LogP contribution is -2.42. The first-order valence-corrected chi connectivity index (χ1v) is 6.84. The van der Waals surface area contributed by atoms with Crippen LogP contribution in [0.2, 0.25) is 0 Å². The summed E-state index contributed by atoms with van der Waals surface area (Å²) in [5.41, 5.74) is -0.169. The highest BCUT2D eigenvalue weighted by molar-refractivity contribution is 5.95. The molecule has 0 aliphatic carbocycles. The molecule has 7 heteroatoms. The Morgan fingerprint density at radius 2 is 2.00 bits per heavy atom. The van der Waals surface area contributed by atoms with Gasteiger partial charge in [-0.3, -0.25) is 10.1 Å². The van der Waals surface area contributed by atoms with Gasteiger partial charge < -0.3 is 14.9 Å². The van der Waals surface area contributed by atoms with E-state index >= 15 is 0 Å². The molecule has 1 heterocycles. The molecular weight excluding hydrogens is 274 g/mol. The minimum Gasteiger partial charge on any atom is -0.477 e. The van der Waals surface area contributed by atoms with Crippen LogP contribution in [0.15, 0.2) is 18.2 Å². The van der Waals surface area contributed by atoms with E-state index in [4.69, 9.17) is 5.11 Å². The van der Waals surface area contributed by atoms with Crippen LogP contribution in [-0.4, -0.2) is 54.1 Å². The summed E-state index contributed by atoms with van der Waals surface area (Å²) in [6.07, 6.45) is 1.81. The van der Waals surface area contributed by atoms with Crippen LogP contribution in [0.1, 0.15) is 23.2 Å². The lowest BCUT2D eigenvalue weighted by molar-refractivity contribution is -0.384. The molecule has 1 aromatic carbocycles. The Bertz CT molecular complexity index is 551. The molecular formula is C14H19N3O4. The van der Waals surface area contributed by atoms with Gasteiger partial charge in [-0.25, -0.2) is 4.79 Å². The molecule has 0 spiro atoms. The number of carboxylic acids is 1. The summed E-state index contributed by atoms with van der Waals surface area (Å²) in [6.45, 7) is 1.37. The van der Waals surface area contributed by atoms with E-state index in [2.05, 4.69) is 4.90 Å². The topological polar surface area (TPSA) is 86.9 Å². The molecule has 1 aliphatic heterocycles. The minimum absolute atomic E-state index is 0.257. The zero-order valence-electron chi connectivity index (χ0n) is 12.2. The molecule has 0 aromatic heterocycles. The summed E-state index contributed by atoms with van der Waals surface area (Å²) in [4.78, 5) is 25.9. The molecule has 7 nitrogen and oxygen atoms in total. The monoisotopic (exact) mass is 293 g/mol. The van der Waals surface area contributed by atoms with Gasteiger partial charge in [0.25, 0.3) is 0 Å². The molecule has 0 amide bonds. The zero-order valence-corrected chi connectivity index (χ0v) is 12.2. The summed E-state index contributed by atoms with van der Waals surface area (Å²) in [7, 11) is 4.04. The van der Waals surface area contributed by atoms with Gasteiger partial charge in [0.2, 0.25) is 0 Å². The number of carboxylic acid groups (broad SMARTS) is 1. The smallest absolute Gasteiger partial charge is 0.342 e. The Hall–Kier alpha value is -2.15. The molecule has 0 atom stereocenters. The van der Waals surface area contributed by atoms with E-state index in [1.807, 2.05) is 19.0 Å². The summed E-state index contributed by atoms with van der Waals surface area (Å²) >= 11 is 0. The van der Waals surface area contributed by atoms with Crippen LogP contribution in [-0.2, 0) is 0 Å². The van der Waals surface area contributed by atoms with Crippen molar-refractivity contribution in [3.8, 4) is 0 Å². The lowest BCUT2D eigenvalue weighted by Gasteiger charge is -2.36. The standard InChI is InChI=1S/C14H19N3O4/c1-15(2)10-6-8-16(9-7-10)12-5-3-4-11(14(18)19)13(12)17(20)21/h3-5,10H,6-9H2,1-2H3,(H,18,19). The van der Waals surface area contributed by atoms with Crippen molar-refractivity contribution >= 4 is 17.3 Å². The number of para-hydroxylation sites is 1. The third-order valence-corrected chi connectivity index (χ3v) is 3.96. The number of nitro groups is 1. The number of hydrogen-bond donors (Lipinski definition) is 1. The van der Waals surface area contributed by atoms with Crippen molar-refractivity contribution in [2.24, 2.45) is 0 Å². The summed E-state index contributed by atoms with van der Waals surface area (Å²) in [5.74, 6) is -1.27. The van der Waals surface area contributed by atoms with E-state index < -0.39 is 10.9 Å². The van der Waals surface area contributed by atoms with E-state index in [0.717, 1.165) is 12.8 Å². The summed E-state index contributed by atoms with van der Waals surface area (Å²) in [6, 6.07) is 4.92. The van der Waals surface area contributed by atoms with Gasteiger partial charge in [0.05, 0.1) is 4.92 Å². The number of aromatic carboxylic acids is 1. The largest absolute Gasteiger partial charge is 0.477 e. The summed E-state index contributed by atoms with van der Waals surface area (Å²) < 4.78 is 0. The number of benzene rings is 1. The van der Waals surface area contributed by atoms with Gasteiger partial charge in [-0.1, -0.05) is 6.07 Å². The highest BCUT2D eigenvalue weighted by atomic mass is 16.6. The Kier molecular flexibility index (Phi) is 4.42. The maximum Gasteiger partial charge on any atom is 0.342 e. The van der Waals surface area contributed by atoms with Crippen molar-refractivity contribution in [3.05, 3.63) is 33.9 Å². The fourth-order valence-electron chi connectivity index (χ4n) is 2.77. The van der Waals surface area contributed by atoms with Gasteiger partial charge in [0.15, 0.2) is 0 Å². The van der Waals surface area contributed by atoms with Gasteiger partial charge in [-0.05, 0) is 39.1 Å². The molecule has 0 bridgehead atoms. The van der Waals surface area contributed by atoms with Crippen molar-refractivity contribution in [3.63, 3.8) is 0 Å². The minimum atomic E-state index is -1.27. The van der Waals surface area contributed by atoms with Crippen molar-refractivity contribution in [2.45, 2.75) is 18.9 Å². The second kappa shape index (κ2) is 6.09. The zero-order chi connectivity index (χ0) is 15.6. The Morgan fingerprint density at radius 1 is 1.38 bits per heavy atom. The number of nitrogens with zero attached hydrogens (tertiary/aromatic N) is 3. The van der Waals surface area contributed by atoms with E-state index in [1.54, 1.807) is 12.1 Å². The van der Waals surface area contributed by atoms with Gasteiger partial charge >= 0.3 is 11.7 Å². The third-order valence-electron chi connectivity index (χ3n) is 3.96. The number of nitro benzene ring substituents is 1. The van der Waals surface area contributed by atoms with E-state index in [-0.39, 0.29) is 11.3 Å². The fourth-order valence-corrected chi connectivity index (χ4v) is 2.77. The molecule has 0 unspecified atom stereocenters. The molecule has 114 valence electrons. The van der Waals surface area contributed by atoms with E-state index in [1.165, 1.54) is 6.07 Å². The molecule has 1 aliphatic rings. The number of anilines is 1. The average Bonchev–Trinajstić information content (AvgIpc) is 2.46. The fraction of sp³-hybridized carbons (Fsp3) is 0.500. The van der Waals surface area contributed by atoms with Crippen LogP contribution in [0.3, 0.4) is 0 Å². The highest BCUT2D eigenvalue weighted by Crippen LogP contribution is 2.33. The predicted octanol–water partition coefficient (Wildman–Crippen LogP) is 1.82. The van der Waals surface area contributed by atoms with Gasteiger partial charge in [0.1, 0.15) is 11.3 Å². The molecule has 1 fully saturated rings. The molecule has 2 rings (SSSR count). The van der Waals surface area contributed by atoms with Crippen molar-refractivity contribution in [2.75, 3.05) is 32.1 Å². The number of carbonyl (C=O) groups is 1. The van der Waals surface area contributed by atoms with E-state index in [0.29, 0.717) is 24.8 Å². The van der Waals surface area contributed by atoms with Crippen molar-refractivity contribution in [1.29, 1.82) is 0 Å². The quantitative estimate of drug-likeness (QED) is 0.673. The maximum atomic E-state index is 11.3.